The molecular formula is C19H12FN2O5S-. The van der Waals surface area contributed by atoms with E-state index in [4.69, 9.17) is 0 Å². The van der Waals surface area contributed by atoms with Gasteiger partial charge < -0.3 is 15.2 Å². The topological polar surface area (TPSA) is 107 Å². The maximum atomic E-state index is 13.7. The molecule has 1 fully saturated rings. The highest BCUT2D eigenvalue weighted by Crippen LogP contribution is 2.32. The standard InChI is InChI=1S/C19H13FN2O5S/c20-14-4-2-1-3-12(14)9-15-17(24)22(19(27)28-15)10-16(23)21-13-7-5-11(6-8-13)18(25)26/h1-9H,10H2,(H,21,23)(H,25,26)/p-1. The number of aromatic carboxylic acids is 1. The molecule has 0 aromatic heterocycles. The van der Waals surface area contributed by atoms with Gasteiger partial charge in [-0.2, -0.15) is 0 Å². The number of rotatable bonds is 5. The van der Waals surface area contributed by atoms with Crippen molar-refractivity contribution in [2.45, 2.75) is 0 Å². The van der Waals surface area contributed by atoms with Crippen molar-refractivity contribution in [2.75, 3.05) is 11.9 Å². The number of thioether (sulfide) groups is 1. The van der Waals surface area contributed by atoms with E-state index >= 15 is 0 Å². The first kappa shape index (κ1) is 19.3. The van der Waals surface area contributed by atoms with Crippen LogP contribution in [-0.4, -0.2) is 34.5 Å². The second-order valence-electron chi connectivity index (χ2n) is 5.70. The predicted octanol–water partition coefficient (Wildman–Crippen LogP) is 1.86. The number of carbonyl (C=O) groups excluding carboxylic acids is 4. The number of hydrogen-bond acceptors (Lipinski definition) is 6. The number of carboxylic acids is 1. The van der Waals surface area contributed by atoms with Gasteiger partial charge in [-0.15, -0.1) is 0 Å². The van der Waals surface area contributed by atoms with Crippen molar-refractivity contribution in [3.05, 3.63) is 70.4 Å². The van der Waals surface area contributed by atoms with Crippen LogP contribution in [0.25, 0.3) is 6.08 Å². The van der Waals surface area contributed by atoms with E-state index in [0.717, 1.165) is 4.90 Å². The van der Waals surface area contributed by atoms with Crippen molar-refractivity contribution in [1.82, 2.24) is 4.90 Å². The van der Waals surface area contributed by atoms with E-state index < -0.39 is 35.4 Å². The zero-order valence-electron chi connectivity index (χ0n) is 14.2. The van der Waals surface area contributed by atoms with Crippen molar-refractivity contribution in [3.8, 4) is 0 Å². The zero-order chi connectivity index (χ0) is 20.3. The summed E-state index contributed by atoms with van der Waals surface area (Å²) in [7, 11) is 0. The third-order valence-electron chi connectivity index (χ3n) is 3.77. The minimum absolute atomic E-state index is 0.0150. The highest BCUT2D eigenvalue weighted by Gasteiger charge is 2.36. The Kier molecular flexibility index (Phi) is 5.55. The van der Waals surface area contributed by atoms with Crippen LogP contribution in [0, 0.1) is 5.82 Å². The van der Waals surface area contributed by atoms with Crippen molar-refractivity contribution in [1.29, 1.82) is 0 Å². The second kappa shape index (κ2) is 8.05. The summed E-state index contributed by atoms with van der Waals surface area (Å²) in [6, 6.07) is 11.0. The van der Waals surface area contributed by atoms with Gasteiger partial charge in [-0.25, -0.2) is 4.39 Å². The van der Waals surface area contributed by atoms with Crippen LogP contribution in [0.15, 0.2) is 53.4 Å². The monoisotopic (exact) mass is 399 g/mol. The summed E-state index contributed by atoms with van der Waals surface area (Å²) >= 11 is 0.618. The summed E-state index contributed by atoms with van der Waals surface area (Å²) in [5.41, 5.74) is 0.400. The predicted molar refractivity (Wildman–Crippen MR) is 98.5 cm³/mol. The largest absolute Gasteiger partial charge is 0.545 e. The molecule has 2 aromatic rings. The van der Waals surface area contributed by atoms with E-state index in [-0.39, 0.29) is 16.0 Å². The van der Waals surface area contributed by atoms with Crippen molar-refractivity contribution in [2.24, 2.45) is 0 Å². The van der Waals surface area contributed by atoms with E-state index in [1.54, 1.807) is 6.07 Å². The first-order chi connectivity index (χ1) is 13.3. The van der Waals surface area contributed by atoms with Gasteiger partial charge >= 0.3 is 0 Å². The molecule has 0 bridgehead atoms. The van der Waals surface area contributed by atoms with Crippen LogP contribution in [0.4, 0.5) is 14.9 Å². The lowest BCUT2D eigenvalue weighted by Crippen LogP contribution is -2.36. The van der Waals surface area contributed by atoms with Gasteiger partial charge in [-0.3, -0.25) is 19.3 Å². The van der Waals surface area contributed by atoms with Crippen LogP contribution in [0.3, 0.4) is 0 Å². The maximum absolute atomic E-state index is 13.7. The van der Waals surface area contributed by atoms with Crippen LogP contribution >= 0.6 is 11.8 Å². The molecule has 2 aromatic carbocycles. The number of benzene rings is 2. The highest BCUT2D eigenvalue weighted by atomic mass is 32.2. The SMILES string of the molecule is O=C(CN1C(=O)SC(=Cc2ccccc2F)C1=O)Nc1ccc(C(=O)[O-])cc1. The number of imide groups is 1. The lowest BCUT2D eigenvalue weighted by atomic mass is 10.2. The molecule has 0 unspecified atom stereocenters. The van der Waals surface area contributed by atoms with Gasteiger partial charge in [0.1, 0.15) is 12.4 Å². The van der Waals surface area contributed by atoms with Crippen LogP contribution in [-0.2, 0) is 9.59 Å². The molecule has 1 aliphatic heterocycles. The molecule has 142 valence electrons. The quantitative estimate of drug-likeness (QED) is 0.770. The zero-order valence-corrected chi connectivity index (χ0v) is 15.0. The molecule has 3 amide bonds. The van der Waals surface area contributed by atoms with Crippen LogP contribution in [0.2, 0.25) is 0 Å². The van der Waals surface area contributed by atoms with Crippen LogP contribution in [0.5, 0.6) is 0 Å². The minimum atomic E-state index is -1.35. The average molecular weight is 399 g/mol. The van der Waals surface area contributed by atoms with Gasteiger partial charge in [-0.05, 0) is 41.6 Å². The van der Waals surface area contributed by atoms with Crippen molar-refractivity contribution >= 4 is 46.5 Å². The van der Waals surface area contributed by atoms with Crippen LogP contribution in [0.1, 0.15) is 15.9 Å². The second-order valence-corrected chi connectivity index (χ2v) is 6.70. The number of nitrogens with one attached hydrogen (secondary N) is 1. The molecular weight excluding hydrogens is 387 g/mol. The molecule has 0 atom stereocenters. The lowest BCUT2D eigenvalue weighted by molar-refractivity contribution is -0.255. The summed E-state index contributed by atoms with van der Waals surface area (Å²) in [4.78, 5) is 48.0. The number of carboxylic acid groups (broad SMARTS) is 1. The van der Waals surface area contributed by atoms with Gasteiger partial charge in [0, 0.05) is 11.3 Å². The van der Waals surface area contributed by atoms with Gasteiger partial charge in [0.05, 0.1) is 10.9 Å². The highest BCUT2D eigenvalue weighted by molar-refractivity contribution is 8.18. The molecule has 1 N–H and O–H groups in total. The first-order valence-corrected chi connectivity index (χ1v) is 8.78. The van der Waals surface area contributed by atoms with Crippen molar-refractivity contribution < 1.29 is 28.7 Å². The fourth-order valence-electron chi connectivity index (χ4n) is 2.40. The Balaban J connectivity index is 1.68. The molecule has 0 radical (unpaired) electrons. The van der Waals surface area contributed by atoms with E-state index in [9.17, 15) is 28.7 Å². The Morgan fingerprint density at radius 2 is 1.79 bits per heavy atom. The molecule has 3 rings (SSSR count). The van der Waals surface area contributed by atoms with Gasteiger partial charge in [0.2, 0.25) is 5.91 Å². The summed E-state index contributed by atoms with van der Waals surface area (Å²) in [5, 5.41) is 12.5. The van der Waals surface area contributed by atoms with Gasteiger partial charge in [0.25, 0.3) is 11.1 Å². The first-order valence-electron chi connectivity index (χ1n) is 7.96. The van der Waals surface area contributed by atoms with E-state index in [2.05, 4.69) is 5.32 Å². The fourth-order valence-corrected chi connectivity index (χ4v) is 3.23. The lowest BCUT2D eigenvalue weighted by Gasteiger charge is -2.12. The van der Waals surface area contributed by atoms with Gasteiger partial charge in [-0.1, -0.05) is 30.3 Å². The maximum Gasteiger partial charge on any atom is 0.294 e. The Hall–Kier alpha value is -3.46. The molecule has 7 nitrogen and oxygen atoms in total. The van der Waals surface area contributed by atoms with Crippen molar-refractivity contribution in [3.63, 3.8) is 0 Å². The Bertz CT molecular complexity index is 1000. The molecule has 1 heterocycles. The average Bonchev–Trinajstić information content (AvgIpc) is 2.91. The minimum Gasteiger partial charge on any atom is -0.545 e. The van der Waals surface area contributed by atoms with E-state index in [0.29, 0.717) is 17.4 Å². The number of carbonyl (C=O) groups is 4. The molecule has 9 heteroatoms. The van der Waals surface area contributed by atoms with E-state index in [1.165, 1.54) is 48.5 Å². The Morgan fingerprint density at radius 1 is 1.11 bits per heavy atom. The Labute approximate surface area is 162 Å². The van der Waals surface area contributed by atoms with Crippen LogP contribution < -0.4 is 10.4 Å². The third kappa shape index (κ3) is 4.26. The number of hydrogen-bond donors (Lipinski definition) is 1. The smallest absolute Gasteiger partial charge is 0.294 e. The molecule has 0 spiro atoms. The number of halogens is 1. The summed E-state index contributed by atoms with van der Waals surface area (Å²) < 4.78 is 13.7. The number of nitrogens with zero attached hydrogens (tertiary/aromatic N) is 1. The molecule has 1 aliphatic rings. The normalized spacial score (nSPS) is 15.2. The van der Waals surface area contributed by atoms with Gasteiger partial charge in [0.15, 0.2) is 0 Å². The fraction of sp³-hybridized carbons (Fsp3) is 0.0526. The van der Waals surface area contributed by atoms with E-state index in [1.807, 2.05) is 0 Å². The molecule has 28 heavy (non-hydrogen) atoms. The number of amides is 3. The molecule has 0 aliphatic carbocycles. The number of anilines is 1. The molecule has 0 saturated carbocycles. The third-order valence-corrected chi connectivity index (χ3v) is 4.68. The summed E-state index contributed by atoms with van der Waals surface area (Å²) in [5.74, 6) is -3.22. The summed E-state index contributed by atoms with van der Waals surface area (Å²) in [6.45, 7) is -0.526. The Morgan fingerprint density at radius 3 is 2.43 bits per heavy atom. The molecule has 1 saturated heterocycles. The summed E-state index contributed by atoms with van der Waals surface area (Å²) in [6.07, 6.45) is 1.26.